The fraction of sp³-hybridized carbons (Fsp3) is 0. The molecule has 6 heteroatoms. The van der Waals surface area contributed by atoms with Crippen molar-refractivity contribution in [1.82, 2.24) is 9.97 Å². The molecule has 4 N–H and O–H groups in total. The van der Waals surface area contributed by atoms with Crippen LogP contribution in [0, 0.1) is 0 Å². The number of carbonyl (C=O) groups is 2. The van der Waals surface area contributed by atoms with Gasteiger partial charge < -0.3 is 20.2 Å². The fourth-order valence-electron chi connectivity index (χ4n) is 3.86. The maximum Gasteiger partial charge on any atom is 0.338 e. The summed E-state index contributed by atoms with van der Waals surface area (Å²) < 4.78 is 0. The number of carboxylic acid groups (broad SMARTS) is 2. The number of fused-ring (bicyclic) bond motifs is 6. The summed E-state index contributed by atoms with van der Waals surface area (Å²) in [5.41, 5.74) is 2.21. The van der Waals surface area contributed by atoms with E-state index >= 15 is 0 Å². The monoisotopic (exact) mass is 344 g/mol. The zero-order valence-electron chi connectivity index (χ0n) is 13.3. The highest BCUT2D eigenvalue weighted by Gasteiger charge is 2.27. The predicted molar refractivity (Wildman–Crippen MR) is 99.1 cm³/mol. The van der Waals surface area contributed by atoms with Gasteiger partial charge in [-0.1, -0.05) is 36.4 Å². The van der Waals surface area contributed by atoms with E-state index in [4.69, 9.17) is 0 Å². The second-order valence-corrected chi connectivity index (χ2v) is 6.20. The molecule has 0 amide bonds. The summed E-state index contributed by atoms with van der Waals surface area (Å²) in [6.07, 6.45) is 0. The Hall–Kier alpha value is -3.80. The van der Waals surface area contributed by atoms with Crippen molar-refractivity contribution in [2.45, 2.75) is 0 Å². The smallest absolute Gasteiger partial charge is 0.338 e. The Kier molecular flexibility index (Phi) is 2.72. The maximum absolute atomic E-state index is 12.1. The Morgan fingerprint density at radius 2 is 1.04 bits per heavy atom. The van der Waals surface area contributed by atoms with Gasteiger partial charge in [-0.25, -0.2) is 9.59 Å². The Balaban J connectivity index is 2.21. The number of aromatic nitrogens is 2. The molecule has 0 aliphatic carbocycles. The molecule has 0 bridgehead atoms. The lowest BCUT2D eigenvalue weighted by Gasteiger charge is -2.06. The van der Waals surface area contributed by atoms with Crippen LogP contribution in [0.4, 0.5) is 0 Å². The lowest BCUT2D eigenvalue weighted by atomic mass is 9.97. The van der Waals surface area contributed by atoms with Gasteiger partial charge in [-0.2, -0.15) is 0 Å². The van der Waals surface area contributed by atoms with Crippen molar-refractivity contribution in [3.05, 3.63) is 59.7 Å². The Morgan fingerprint density at radius 1 is 0.654 bits per heavy atom. The predicted octanol–water partition coefficient (Wildman–Crippen LogP) is 4.35. The van der Waals surface area contributed by atoms with Crippen LogP contribution in [0.5, 0.6) is 0 Å². The molecule has 2 heterocycles. The molecule has 0 saturated heterocycles. The Morgan fingerprint density at radius 3 is 1.42 bits per heavy atom. The number of para-hydroxylation sites is 2. The number of hydrogen-bond donors (Lipinski definition) is 4. The molecule has 2 aromatic heterocycles. The van der Waals surface area contributed by atoms with Crippen LogP contribution in [0.3, 0.4) is 0 Å². The minimum absolute atomic E-state index is 0.0775. The normalized spacial score (nSPS) is 11.7. The van der Waals surface area contributed by atoms with Crippen LogP contribution in [0.15, 0.2) is 48.5 Å². The van der Waals surface area contributed by atoms with Crippen molar-refractivity contribution in [1.29, 1.82) is 0 Å². The summed E-state index contributed by atoms with van der Waals surface area (Å²) in [5, 5.41) is 22.0. The van der Waals surface area contributed by atoms with E-state index in [2.05, 4.69) is 9.97 Å². The van der Waals surface area contributed by atoms with E-state index in [9.17, 15) is 19.8 Å². The summed E-state index contributed by atoms with van der Waals surface area (Å²) in [5.74, 6) is -2.21. The van der Waals surface area contributed by atoms with Gasteiger partial charge in [-0.05, 0) is 12.1 Å². The second kappa shape index (κ2) is 4.86. The number of carboxylic acids is 2. The van der Waals surface area contributed by atoms with Gasteiger partial charge in [0.25, 0.3) is 0 Å². The van der Waals surface area contributed by atoms with Crippen LogP contribution in [0.2, 0.25) is 0 Å². The average molecular weight is 344 g/mol. The van der Waals surface area contributed by atoms with Crippen LogP contribution in [0.1, 0.15) is 20.7 Å². The van der Waals surface area contributed by atoms with Crippen molar-refractivity contribution in [2.24, 2.45) is 0 Å². The molecule has 0 aliphatic heterocycles. The number of aromatic amines is 2. The van der Waals surface area contributed by atoms with Crippen molar-refractivity contribution in [2.75, 3.05) is 0 Å². The minimum atomic E-state index is -1.10. The van der Waals surface area contributed by atoms with Gasteiger partial charge in [0.2, 0.25) is 0 Å². The number of H-pyrrole nitrogens is 2. The molecule has 0 atom stereocenters. The number of nitrogens with one attached hydrogen (secondary N) is 2. The summed E-state index contributed by atoms with van der Waals surface area (Å²) >= 11 is 0. The van der Waals surface area contributed by atoms with Gasteiger partial charge in [-0.3, -0.25) is 0 Å². The molecular weight excluding hydrogens is 332 g/mol. The van der Waals surface area contributed by atoms with E-state index in [0.717, 1.165) is 0 Å². The molecular formula is C20H12N2O4. The minimum Gasteiger partial charge on any atom is -0.478 e. The third kappa shape index (κ3) is 1.70. The number of aromatic carboxylic acids is 2. The van der Waals surface area contributed by atoms with Crippen LogP contribution >= 0.6 is 0 Å². The molecule has 0 aliphatic rings. The molecule has 3 aromatic carbocycles. The van der Waals surface area contributed by atoms with Crippen molar-refractivity contribution >= 4 is 55.6 Å². The van der Waals surface area contributed by atoms with E-state index in [0.29, 0.717) is 43.6 Å². The highest BCUT2D eigenvalue weighted by Crippen LogP contribution is 2.40. The number of benzene rings is 3. The maximum atomic E-state index is 12.1. The van der Waals surface area contributed by atoms with Crippen LogP contribution in [-0.2, 0) is 0 Å². The van der Waals surface area contributed by atoms with Gasteiger partial charge in [-0.15, -0.1) is 0 Å². The lowest BCUT2D eigenvalue weighted by molar-refractivity contribution is 0.0687. The molecule has 0 unspecified atom stereocenters. The van der Waals surface area contributed by atoms with E-state index in [1.807, 2.05) is 12.1 Å². The Bertz CT molecular complexity index is 1280. The molecule has 0 fully saturated rings. The average Bonchev–Trinajstić information content (AvgIpc) is 3.17. The van der Waals surface area contributed by atoms with E-state index in [-0.39, 0.29) is 11.1 Å². The first-order valence-electron chi connectivity index (χ1n) is 8.01. The molecule has 5 rings (SSSR count). The fourth-order valence-corrected chi connectivity index (χ4v) is 3.86. The molecule has 26 heavy (non-hydrogen) atoms. The largest absolute Gasteiger partial charge is 0.478 e. The highest BCUT2D eigenvalue weighted by atomic mass is 16.4. The lowest BCUT2D eigenvalue weighted by Crippen LogP contribution is -2.04. The first kappa shape index (κ1) is 14.5. The molecule has 5 aromatic rings. The molecule has 126 valence electrons. The first-order chi connectivity index (χ1) is 12.6. The third-order valence-electron chi connectivity index (χ3n) is 4.84. The first-order valence-corrected chi connectivity index (χ1v) is 8.01. The van der Waals surface area contributed by atoms with Crippen molar-refractivity contribution in [3.8, 4) is 0 Å². The molecule has 6 nitrogen and oxygen atoms in total. The number of rotatable bonds is 2. The van der Waals surface area contributed by atoms with Gasteiger partial charge in [0.1, 0.15) is 0 Å². The van der Waals surface area contributed by atoms with Crippen molar-refractivity contribution in [3.63, 3.8) is 0 Å². The van der Waals surface area contributed by atoms with Crippen LogP contribution < -0.4 is 0 Å². The SMILES string of the molecule is O=C(O)c1c2[nH]c3ccccc3c2c(C(=O)O)c2[nH]c3ccccc3c12. The van der Waals surface area contributed by atoms with Gasteiger partial charge in [0.15, 0.2) is 0 Å². The molecule has 0 radical (unpaired) electrons. The standard InChI is InChI=1S/C20H12N2O4/c23-19(24)15-13-9-5-1-3-7-11(9)21-17(13)16(20(25)26)14-10-6-2-4-8-12(10)22-18(14)15/h1-8,21-22H,(H,23,24)(H,25,26). The zero-order chi connectivity index (χ0) is 18.0. The van der Waals surface area contributed by atoms with Crippen LogP contribution in [0.25, 0.3) is 43.6 Å². The second-order valence-electron chi connectivity index (χ2n) is 6.20. The topological polar surface area (TPSA) is 106 Å². The third-order valence-corrected chi connectivity index (χ3v) is 4.84. The summed E-state index contributed by atoms with van der Waals surface area (Å²) in [6, 6.07) is 14.4. The zero-order valence-corrected chi connectivity index (χ0v) is 13.3. The van der Waals surface area contributed by atoms with Gasteiger partial charge in [0, 0.05) is 32.6 Å². The Labute approximate surface area is 145 Å². The van der Waals surface area contributed by atoms with Gasteiger partial charge >= 0.3 is 11.9 Å². The summed E-state index contributed by atoms with van der Waals surface area (Å²) in [4.78, 5) is 30.5. The van der Waals surface area contributed by atoms with Crippen LogP contribution in [-0.4, -0.2) is 32.1 Å². The van der Waals surface area contributed by atoms with E-state index in [1.165, 1.54) is 0 Å². The van der Waals surface area contributed by atoms with Crippen molar-refractivity contribution < 1.29 is 19.8 Å². The highest BCUT2D eigenvalue weighted by molar-refractivity contribution is 6.32. The molecule has 0 spiro atoms. The summed E-state index contributed by atoms with van der Waals surface area (Å²) in [6.45, 7) is 0. The quantitative estimate of drug-likeness (QED) is 0.382. The molecule has 0 saturated carbocycles. The van der Waals surface area contributed by atoms with E-state index in [1.54, 1.807) is 36.4 Å². The van der Waals surface area contributed by atoms with E-state index < -0.39 is 11.9 Å². The van der Waals surface area contributed by atoms with Gasteiger partial charge in [0.05, 0.1) is 22.2 Å². The number of hydrogen-bond acceptors (Lipinski definition) is 2. The summed E-state index contributed by atoms with van der Waals surface area (Å²) in [7, 11) is 0.